The first kappa shape index (κ1) is 28.2. The molecule has 6 rings (SSSR count). The van der Waals surface area contributed by atoms with Crippen molar-refractivity contribution in [1.82, 2.24) is 19.2 Å². The second kappa shape index (κ2) is 13.0. The number of benzene rings is 2. The number of rotatable bonds is 10. The Bertz CT molecular complexity index is 1410. The van der Waals surface area contributed by atoms with E-state index in [1.807, 2.05) is 47.4 Å². The first-order chi connectivity index (χ1) is 20.1. The monoisotopic (exact) mass is 614 g/mol. The third-order valence-corrected chi connectivity index (χ3v) is 8.59. The zero-order chi connectivity index (χ0) is 28.2. The standard InChI is InChI=1S/C29H32Cl2N6O3S/c1-2-41-29-33-10-12-37(29)36-15-13-35(14-16-36)22-4-6-23(7-5-22)39-28(24-8-3-21(30)17-25(24)31)26-19-38-27(40-26)18-34-11-9-32-20-34/h3-12,17,20,26-28H,2,13-16,18-19H2,1H3/t26-,27-,28?/m0/s1. The van der Waals surface area contributed by atoms with E-state index in [4.69, 9.17) is 37.4 Å². The molecule has 0 N–H and O–H groups in total. The van der Waals surface area contributed by atoms with Gasteiger partial charge in [-0.2, -0.15) is 0 Å². The van der Waals surface area contributed by atoms with Gasteiger partial charge in [-0.3, -0.25) is 0 Å². The van der Waals surface area contributed by atoms with E-state index in [9.17, 15) is 0 Å². The Morgan fingerprint density at radius 3 is 2.61 bits per heavy atom. The summed E-state index contributed by atoms with van der Waals surface area (Å²) in [4.78, 5) is 11.0. The zero-order valence-electron chi connectivity index (χ0n) is 22.7. The largest absolute Gasteiger partial charge is 0.483 e. The predicted octanol–water partition coefficient (Wildman–Crippen LogP) is 5.52. The van der Waals surface area contributed by atoms with Gasteiger partial charge in [-0.05, 0) is 42.2 Å². The van der Waals surface area contributed by atoms with Crippen LogP contribution in [0.15, 0.2) is 78.7 Å². The summed E-state index contributed by atoms with van der Waals surface area (Å²) >= 11 is 14.6. The van der Waals surface area contributed by atoms with Crippen LogP contribution in [0.4, 0.5) is 5.69 Å². The quantitative estimate of drug-likeness (QED) is 0.216. The number of aromatic nitrogens is 4. The van der Waals surface area contributed by atoms with Crippen molar-refractivity contribution in [2.75, 3.05) is 48.4 Å². The zero-order valence-corrected chi connectivity index (χ0v) is 25.0. The van der Waals surface area contributed by atoms with Crippen LogP contribution in [0, 0.1) is 0 Å². The smallest absolute Gasteiger partial charge is 0.186 e. The molecule has 216 valence electrons. The van der Waals surface area contributed by atoms with E-state index >= 15 is 0 Å². The molecule has 0 aliphatic carbocycles. The Morgan fingerprint density at radius 2 is 1.88 bits per heavy atom. The molecule has 0 saturated carbocycles. The van der Waals surface area contributed by atoms with Crippen LogP contribution in [0.3, 0.4) is 0 Å². The van der Waals surface area contributed by atoms with Gasteiger partial charge in [-0.25, -0.2) is 14.6 Å². The summed E-state index contributed by atoms with van der Waals surface area (Å²) in [6.07, 6.45) is 8.03. The summed E-state index contributed by atoms with van der Waals surface area (Å²) in [6.45, 7) is 6.74. The first-order valence-corrected chi connectivity index (χ1v) is 15.4. The van der Waals surface area contributed by atoms with Crippen molar-refractivity contribution < 1.29 is 14.2 Å². The highest BCUT2D eigenvalue weighted by Gasteiger charge is 2.36. The van der Waals surface area contributed by atoms with Crippen LogP contribution in [0.1, 0.15) is 18.6 Å². The molecule has 0 radical (unpaired) electrons. The number of halogens is 2. The lowest BCUT2D eigenvalue weighted by molar-refractivity contribution is -0.0851. The summed E-state index contributed by atoms with van der Waals surface area (Å²) in [6, 6.07) is 13.6. The molecule has 1 unspecified atom stereocenters. The molecular formula is C29H32Cl2N6O3S. The van der Waals surface area contributed by atoms with Crippen LogP contribution >= 0.6 is 35.0 Å². The molecule has 3 atom stereocenters. The number of thioether (sulfide) groups is 1. The Hall–Kier alpha value is -2.89. The van der Waals surface area contributed by atoms with E-state index < -0.39 is 12.4 Å². The highest BCUT2D eigenvalue weighted by molar-refractivity contribution is 7.99. The molecule has 0 bridgehead atoms. The van der Waals surface area contributed by atoms with Gasteiger partial charge in [-0.15, -0.1) is 0 Å². The molecule has 41 heavy (non-hydrogen) atoms. The molecule has 2 saturated heterocycles. The second-order valence-electron chi connectivity index (χ2n) is 9.82. The SMILES string of the molecule is CCSc1nccn1N1CCN(c2ccc(OC(c3ccc(Cl)cc3Cl)[C@@H]3CO[C@H](Cn4ccnc4)O3)cc2)CC1. The van der Waals surface area contributed by atoms with Crippen molar-refractivity contribution in [1.29, 1.82) is 0 Å². The van der Waals surface area contributed by atoms with Gasteiger partial charge >= 0.3 is 0 Å². The van der Waals surface area contributed by atoms with E-state index in [0.29, 0.717) is 23.2 Å². The average molecular weight is 616 g/mol. The van der Waals surface area contributed by atoms with Gasteiger partial charge in [0.2, 0.25) is 0 Å². The Kier molecular flexibility index (Phi) is 8.92. The van der Waals surface area contributed by atoms with Gasteiger partial charge in [0.15, 0.2) is 17.6 Å². The average Bonchev–Trinajstić information content (AvgIpc) is 3.76. The number of hydrogen-bond donors (Lipinski definition) is 0. The maximum atomic E-state index is 6.63. The molecule has 2 aromatic carbocycles. The summed E-state index contributed by atoms with van der Waals surface area (Å²) < 4.78 is 22.9. The van der Waals surface area contributed by atoms with Gasteiger partial charge < -0.3 is 28.7 Å². The number of piperazine rings is 1. The summed E-state index contributed by atoms with van der Waals surface area (Å²) in [7, 11) is 0. The minimum absolute atomic E-state index is 0.353. The molecule has 2 aliphatic heterocycles. The van der Waals surface area contributed by atoms with Crippen LogP contribution in [0.5, 0.6) is 5.75 Å². The Labute approximate surface area is 253 Å². The first-order valence-electron chi connectivity index (χ1n) is 13.7. The topological polar surface area (TPSA) is 69.8 Å². The molecule has 2 fully saturated rings. The fourth-order valence-corrected chi connectivity index (χ4v) is 6.37. The van der Waals surface area contributed by atoms with Crippen LogP contribution in [-0.2, 0) is 16.0 Å². The summed E-state index contributed by atoms with van der Waals surface area (Å²) in [5.41, 5.74) is 1.96. The normalized spacial score (nSPS) is 20.0. The lowest BCUT2D eigenvalue weighted by Gasteiger charge is -2.38. The van der Waals surface area contributed by atoms with Crippen molar-refractivity contribution in [3.63, 3.8) is 0 Å². The predicted molar refractivity (Wildman–Crippen MR) is 162 cm³/mol. The minimum atomic E-state index is -0.479. The summed E-state index contributed by atoms with van der Waals surface area (Å²) in [5, 5.41) is 4.49. The Balaban J connectivity index is 1.12. The molecule has 2 aliphatic rings. The molecule has 12 heteroatoms. The Morgan fingerprint density at radius 1 is 1.05 bits per heavy atom. The fraction of sp³-hybridized carbons (Fsp3) is 0.379. The highest BCUT2D eigenvalue weighted by Crippen LogP contribution is 2.36. The van der Waals surface area contributed by atoms with Gasteiger partial charge in [0, 0.05) is 59.2 Å². The van der Waals surface area contributed by atoms with Crippen molar-refractivity contribution in [3.8, 4) is 5.75 Å². The number of ether oxygens (including phenoxy) is 3. The van der Waals surface area contributed by atoms with Gasteiger partial charge in [0.1, 0.15) is 11.9 Å². The van der Waals surface area contributed by atoms with Gasteiger partial charge in [0.25, 0.3) is 0 Å². The summed E-state index contributed by atoms with van der Waals surface area (Å²) in [5.74, 6) is 1.73. The van der Waals surface area contributed by atoms with Crippen LogP contribution in [0.25, 0.3) is 0 Å². The van der Waals surface area contributed by atoms with E-state index in [1.165, 1.54) is 0 Å². The highest BCUT2D eigenvalue weighted by atomic mass is 35.5. The molecule has 4 heterocycles. The lowest BCUT2D eigenvalue weighted by atomic mass is 10.0. The molecule has 4 aromatic rings. The van der Waals surface area contributed by atoms with Crippen molar-refractivity contribution in [2.45, 2.75) is 37.1 Å². The van der Waals surface area contributed by atoms with E-state index in [2.05, 4.69) is 43.6 Å². The second-order valence-corrected chi connectivity index (χ2v) is 11.9. The van der Waals surface area contributed by atoms with Crippen molar-refractivity contribution in [2.24, 2.45) is 0 Å². The van der Waals surface area contributed by atoms with Crippen molar-refractivity contribution in [3.05, 3.63) is 89.2 Å². The van der Waals surface area contributed by atoms with E-state index in [0.717, 1.165) is 54.1 Å². The maximum Gasteiger partial charge on any atom is 0.186 e. The molecule has 0 spiro atoms. The molecular weight excluding hydrogens is 583 g/mol. The third-order valence-electron chi connectivity index (χ3n) is 7.19. The van der Waals surface area contributed by atoms with Gasteiger partial charge in [0.05, 0.1) is 32.6 Å². The number of anilines is 1. The van der Waals surface area contributed by atoms with E-state index in [-0.39, 0.29) is 6.10 Å². The number of hydrogen-bond acceptors (Lipinski definition) is 8. The van der Waals surface area contributed by atoms with Gasteiger partial charge in [-0.1, -0.05) is 48.0 Å². The van der Waals surface area contributed by atoms with E-state index in [1.54, 1.807) is 30.4 Å². The van der Waals surface area contributed by atoms with Crippen LogP contribution in [0.2, 0.25) is 10.0 Å². The molecule has 0 amide bonds. The molecule has 2 aromatic heterocycles. The third kappa shape index (κ3) is 6.62. The number of imidazole rings is 2. The lowest BCUT2D eigenvalue weighted by Crippen LogP contribution is -2.51. The van der Waals surface area contributed by atoms with Crippen LogP contribution in [-0.4, -0.2) is 70.1 Å². The van der Waals surface area contributed by atoms with Crippen molar-refractivity contribution >= 4 is 40.7 Å². The van der Waals surface area contributed by atoms with Crippen LogP contribution < -0.4 is 14.6 Å². The molecule has 9 nitrogen and oxygen atoms in total. The minimum Gasteiger partial charge on any atom is -0.483 e. The number of nitrogens with zero attached hydrogens (tertiary/aromatic N) is 6. The maximum absolute atomic E-state index is 6.63. The fourth-order valence-electron chi connectivity index (χ4n) is 5.15.